The van der Waals surface area contributed by atoms with Crippen LogP contribution in [0.2, 0.25) is 0 Å². The molecule has 3 rings (SSSR count). The molecule has 1 amide bonds. The molecular weight excluding hydrogens is 316 g/mol. The van der Waals surface area contributed by atoms with Crippen LogP contribution in [0.3, 0.4) is 0 Å². The van der Waals surface area contributed by atoms with E-state index in [9.17, 15) is 4.79 Å². The first-order valence-corrected chi connectivity index (χ1v) is 8.62. The topological polar surface area (TPSA) is 59.6 Å². The Kier molecular flexibility index (Phi) is 6.04. The molecule has 0 spiro atoms. The number of benzene rings is 2. The maximum absolute atomic E-state index is 12.1. The maximum atomic E-state index is 12.1. The minimum absolute atomic E-state index is 0.0625. The van der Waals surface area contributed by atoms with Crippen LogP contribution in [0, 0.1) is 5.92 Å². The van der Waals surface area contributed by atoms with E-state index >= 15 is 0 Å². The third-order valence-electron chi connectivity index (χ3n) is 4.31. The Morgan fingerprint density at radius 2 is 1.80 bits per heavy atom. The van der Waals surface area contributed by atoms with Crippen LogP contribution in [0.1, 0.15) is 12.0 Å². The molecule has 0 bridgehead atoms. The fourth-order valence-corrected chi connectivity index (χ4v) is 2.81. The van der Waals surface area contributed by atoms with Crippen LogP contribution in [-0.4, -0.2) is 32.7 Å². The summed E-state index contributed by atoms with van der Waals surface area (Å²) < 4.78 is 10.9. The number of hydrogen-bond acceptors (Lipinski definition) is 4. The Balaban J connectivity index is 1.54. The quantitative estimate of drug-likeness (QED) is 0.812. The summed E-state index contributed by atoms with van der Waals surface area (Å²) in [5.41, 5.74) is 2.01. The van der Waals surface area contributed by atoms with E-state index in [1.807, 2.05) is 48.5 Å². The van der Waals surface area contributed by atoms with Gasteiger partial charge in [0.1, 0.15) is 11.5 Å². The molecule has 132 valence electrons. The second-order valence-corrected chi connectivity index (χ2v) is 6.19. The molecular formula is C20H24N2O3. The van der Waals surface area contributed by atoms with Gasteiger partial charge in [-0.15, -0.1) is 0 Å². The zero-order chi connectivity index (χ0) is 17.5. The van der Waals surface area contributed by atoms with Crippen LogP contribution in [0.5, 0.6) is 11.5 Å². The fraction of sp³-hybridized carbons (Fsp3) is 0.350. The fourth-order valence-electron chi connectivity index (χ4n) is 2.81. The average Bonchev–Trinajstić information content (AvgIpc) is 3.18. The van der Waals surface area contributed by atoms with Crippen molar-refractivity contribution in [2.45, 2.75) is 12.8 Å². The predicted octanol–water partition coefficient (Wildman–Crippen LogP) is 3.22. The number of nitrogens with one attached hydrogen (secondary N) is 2. The molecule has 0 aliphatic carbocycles. The maximum Gasteiger partial charge on any atom is 0.228 e. The van der Waals surface area contributed by atoms with E-state index in [4.69, 9.17) is 9.47 Å². The molecule has 1 saturated heterocycles. The molecule has 1 aliphatic rings. The Bertz CT molecular complexity index is 677. The van der Waals surface area contributed by atoms with E-state index < -0.39 is 0 Å². The van der Waals surface area contributed by atoms with E-state index in [0.717, 1.165) is 43.1 Å². The van der Waals surface area contributed by atoms with Crippen LogP contribution in [0.4, 0.5) is 5.69 Å². The number of rotatable bonds is 7. The monoisotopic (exact) mass is 340 g/mol. The van der Waals surface area contributed by atoms with Gasteiger partial charge >= 0.3 is 0 Å². The molecule has 0 radical (unpaired) electrons. The van der Waals surface area contributed by atoms with Crippen molar-refractivity contribution in [1.82, 2.24) is 5.32 Å². The van der Waals surface area contributed by atoms with Crippen LogP contribution >= 0.6 is 0 Å². The van der Waals surface area contributed by atoms with Gasteiger partial charge in [-0.2, -0.15) is 0 Å². The lowest BCUT2D eigenvalue weighted by molar-refractivity contribution is -0.119. The Hall–Kier alpha value is -2.37. The van der Waals surface area contributed by atoms with Crippen molar-refractivity contribution in [2.75, 3.05) is 32.1 Å². The van der Waals surface area contributed by atoms with Gasteiger partial charge in [0, 0.05) is 19.3 Å². The molecule has 0 saturated carbocycles. The molecule has 2 aromatic carbocycles. The van der Waals surface area contributed by atoms with Crippen molar-refractivity contribution in [3.63, 3.8) is 0 Å². The smallest absolute Gasteiger partial charge is 0.228 e. The molecule has 0 aromatic heterocycles. The first-order valence-electron chi connectivity index (χ1n) is 8.62. The minimum Gasteiger partial charge on any atom is -0.457 e. The molecule has 2 N–H and O–H groups in total. The molecule has 5 heteroatoms. The molecule has 1 aliphatic heterocycles. The van der Waals surface area contributed by atoms with Gasteiger partial charge in [-0.05, 0) is 61.3 Å². The summed E-state index contributed by atoms with van der Waals surface area (Å²) in [6.45, 7) is 2.38. The lowest BCUT2D eigenvalue weighted by Gasteiger charge is -2.11. The van der Waals surface area contributed by atoms with Crippen molar-refractivity contribution in [1.29, 1.82) is 0 Å². The number of hydrogen-bond donors (Lipinski definition) is 2. The third-order valence-corrected chi connectivity index (χ3v) is 4.31. The van der Waals surface area contributed by atoms with Crippen molar-refractivity contribution >= 4 is 11.6 Å². The normalized spacial score (nSPS) is 16.6. The van der Waals surface area contributed by atoms with Gasteiger partial charge in [0.15, 0.2) is 0 Å². The zero-order valence-electron chi connectivity index (χ0n) is 14.5. The van der Waals surface area contributed by atoms with Crippen molar-refractivity contribution in [3.05, 3.63) is 54.1 Å². The number of anilines is 1. The molecule has 1 atom stereocenters. The zero-order valence-corrected chi connectivity index (χ0v) is 14.5. The van der Waals surface area contributed by atoms with Crippen molar-refractivity contribution in [3.8, 4) is 11.5 Å². The molecule has 1 fully saturated rings. The summed E-state index contributed by atoms with van der Waals surface area (Å²) in [6, 6.07) is 15.4. The first-order chi connectivity index (χ1) is 12.2. The highest BCUT2D eigenvalue weighted by atomic mass is 16.5. The summed E-state index contributed by atoms with van der Waals surface area (Å²) in [6.07, 6.45) is 1.79. The third kappa shape index (κ3) is 5.05. The summed E-state index contributed by atoms with van der Waals surface area (Å²) in [7, 11) is 1.70. The lowest BCUT2D eigenvalue weighted by Crippen LogP contribution is -2.24. The Morgan fingerprint density at radius 3 is 2.40 bits per heavy atom. The van der Waals surface area contributed by atoms with Gasteiger partial charge in [0.2, 0.25) is 5.91 Å². The van der Waals surface area contributed by atoms with E-state index in [2.05, 4.69) is 10.6 Å². The van der Waals surface area contributed by atoms with Crippen molar-refractivity contribution < 1.29 is 14.3 Å². The summed E-state index contributed by atoms with van der Waals surface area (Å²) >= 11 is 0. The van der Waals surface area contributed by atoms with Gasteiger partial charge in [-0.3, -0.25) is 4.79 Å². The van der Waals surface area contributed by atoms with Crippen LogP contribution < -0.4 is 15.4 Å². The van der Waals surface area contributed by atoms with Gasteiger partial charge in [0.25, 0.3) is 0 Å². The summed E-state index contributed by atoms with van der Waals surface area (Å²) in [5, 5.41) is 6.16. The average molecular weight is 340 g/mol. The van der Waals surface area contributed by atoms with Crippen molar-refractivity contribution in [2.24, 2.45) is 5.92 Å². The number of methoxy groups -OCH3 is 1. The van der Waals surface area contributed by atoms with E-state index in [-0.39, 0.29) is 11.8 Å². The number of ether oxygens (including phenoxy) is 2. The summed E-state index contributed by atoms with van der Waals surface area (Å²) in [5.74, 6) is 1.66. The number of carbonyl (C=O) groups excluding carboxylic acids is 1. The Labute approximate surface area is 148 Å². The Morgan fingerprint density at radius 1 is 1.12 bits per heavy atom. The van der Waals surface area contributed by atoms with Gasteiger partial charge in [-0.25, -0.2) is 0 Å². The molecule has 2 aromatic rings. The lowest BCUT2D eigenvalue weighted by atomic mass is 10.1. The van der Waals surface area contributed by atoms with E-state index in [0.29, 0.717) is 6.61 Å². The first kappa shape index (κ1) is 17.5. The number of amides is 1. The molecule has 25 heavy (non-hydrogen) atoms. The molecule has 1 heterocycles. The van der Waals surface area contributed by atoms with Crippen LogP contribution in [0.25, 0.3) is 0 Å². The second-order valence-electron chi connectivity index (χ2n) is 6.19. The number of carbonyl (C=O) groups is 1. The van der Waals surface area contributed by atoms with Gasteiger partial charge in [-0.1, -0.05) is 12.1 Å². The standard InChI is InChI=1S/C20H24N2O3/c1-24-13-11-15-2-6-18(7-3-15)25-19-8-4-17(5-9-19)22-20(23)16-10-12-21-14-16/h2-9,16,21H,10-14H2,1H3,(H,22,23)/t16-/m0/s1. The molecule has 0 unspecified atom stereocenters. The molecule has 5 nitrogen and oxygen atoms in total. The highest BCUT2D eigenvalue weighted by Crippen LogP contribution is 2.24. The van der Waals surface area contributed by atoms with Gasteiger partial charge < -0.3 is 20.1 Å². The highest BCUT2D eigenvalue weighted by molar-refractivity contribution is 5.92. The summed E-state index contributed by atoms with van der Waals surface area (Å²) in [4.78, 5) is 12.1. The second kappa shape index (κ2) is 8.65. The van der Waals surface area contributed by atoms with E-state index in [1.54, 1.807) is 7.11 Å². The van der Waals surface area contributed by atoms with E-state index in [1.165, 1.54) is 5.56 Å². The SMILES string of the molecule is COCCc1ccc(Oc2ccc(NC(=O)[C@H]3CCNC3)cc2)cc1. The van der Waals surface area contributed by atoms with Crippen LogP contribution in [0.15, 0.2) is 48.5 Å². The van der Waals surface area contributed by atoms with Crippen LogP contribution in [-0.2, 0) is 16.0 Å². The van der Waals surface area contributed by atoms with Gasteiger partial charge in [0.05, 0.1) is 12.5 Å². The minimum atomic E-state index is 0.0625. The highest BCUT2D eigenvalue weighted by Gasteiger charge is 2.22. The largest absolute Gasteiger partial charge is 0.457 e. The predicted molar refractivity (Wildman–Crippen MR) is 98.1 cm³/mol.